The number of hydrogen-bond donors (Lipinski definition) is 7. The Morgan fingerprint density at radius 1 is 0.740 bits per heavy atom. The Hall–Kier alpha value is -0.360. The number of rotatable bonds is 10. The molecule has 9 heteroatoms. The molecule has 1 aliphatic heterocycles. The third-order valence-electron chi connectivity index (χ3n) is 17.6. The van der Waals surface area contributed by atoms with Gasteiger partial charge in [-0.1, -0.05) is 54.9 Å². The quantitative estimate of drug-likeness (QED) is 0.170. The summed E-state index contributed by atoms with van der Waals surface area (Å²) in [5.41, 5.74) is 7.96. The summed E-state index contributed by atoms with van der Waals surface area (Å²) in [5.74, 6) is 4.12. The van der Waals surface area contributed by atoms with Crippen LogP contribution in [0.3, 0.4) is 0 Å². The average Bonchev–Trinajstić information content (AvgIpc) is 3.42. The minimum absolute atomic E-state index is 0.343. The predicted octanol–water partition coefficient (Wildman–Crippen LogP) is 4.76. The number of hydrogen-bond acceptors (Lipinski definition) is 9. The first-order chi connectivity index (χ1) is 23.4. The molecule has 0 spiro atoms. The molecule has 6 aliphatic rings. The van der Waals surface area contributed by atoms with E-state index in [1.54, 1.807) is 0 Å². The van der Waals surface area contributed by atoms with E-state index in [0.29, 0.717) is 51.2 Å². The van der Waals surface area contributed by atoms with E-state index in [-0.39, 0.29) is 6.61 Å². The molecule has 0 aromatic carbocycles. The molecule has 5 aliphatic carbocycles. The van der Waals surface area contributed by atoms with Crippen LogP contribution in [0, 0.1) is 62.6 Å². The molecule has 1 heterocycles. The summed E-state index contributed by atoms with van der Waals surface area (Å²) in [4.78, 5) is 0. The summed E-state index contributed by atoms with van der Waals surface area (Å²) >= 11 is 0. The summed E-state index contributed by atoms with van der Waals surface area (Å²) in [6.45, 7) is 17.3. The van der Waals surface area contributed by atoms with Crippen molar-refractivity contribution in [3.63, 3.8) is 0 Å². The van der Waals surface area contributed by atoms with Crippen LogP contribution in [-0.2, 0) is 9.47 Å². The van der Waals surface area contributed by atoms with Crippen LogP contribution in [0.5, 0.6) is 0 Å². The predicted molar refractivity (Wildman–Crippen MR) is 193 cm³/mol. The van der Waals surface area contributed by atoms with E-state index >= 15 is 0 Å². The first kappa shape index (κ1) is 39.3. The van der Waals surface area contributed by atoms with Crippen LogP contribution in [0.15, 0.2) is 0 Å². The molecule has 0 bridgehead atoms. The standard InChI is InChI=1S/C41H73NO8/c1-23(9-10-26(44)33(46)27(45)22-49-36-32(42)35(48)34(47)28(21-43)50-36)24-13-18-38(4)25(24)14-19-40(6)30(38)11-12-31-39(5)17-8-16-37(2,3)29(39)15-20-41(31,40)7/h23-36,43-48H,8-22,42H2,1-7H3/t23?,24-,25+,26-,27+,28?,29+,30-,31-,32?,33-,34?,35?,36?,38+,39+,40-,41-/m1/s1. The minimum Gasteiger partial charge on any atom is -0.394 e. The van der Waals surface area contributed by atoms with Crippen LogP contribution < -0.4 is 5.73 Å². The lowest BCUT2D eigenvalue weighted by atomic mass is 9.32. The normalized spacial score (nSPS) is 51.0. The molecule has 18 atom stereocenters. The van der Waals surface area contributed by atoms with E-state index in [1.807, 2.05) is 0 Å². The lowest BCUT2D eigenvalue weighted by Crippen LogP contribution is -2.65. The molecule has 0 amide bonds. The van der Waals surface area contributed by atoms with E-state index in [0.717, 1.165) is 24.2 Å². The maximum Gasteiger partial charge on any atom is 0.175 e. The molecule has 0 aromatic heterocycles. The molecule has 6 fully saturated rings. The Balaban J connectivity index is 1.05. The van der Waals surface area contributed by atoms with Gasteiger partial charge in [0.15, 0.2) is 6.29 Å². The van der Waals surface area contributed by atoms with Gasteiger partial charge < -0.3 is 45.8 Å². The molecule has 5 saturated carbocycles. The number of fused-ring (bicyclic) bond motifs is 7. The number of aliphatic hydroxyl groups excluding tert-OH is 6. The zero-order valence-electron chi connectivity index (χ0n) is 32.3. The van der Waals surface area contributed by atoms with Gasteiger partial charge >= 0.3 is 0 Å². The fourth-order valence-electron chi connectivity index (χ4n) is 14.6. The van der Waals surface area contributed by atoms with Crippen molar-refractivity contribution in [2.24, 2.45) is 68.3 Å². The number of nitrogens with two attached hydrogens (primary N) is 1. The van der Waals surface area contributed by atoms with Crippen LogP contribution >= 0.6 is 0 Å². The monoisotopic (exact) mass is 708 g/mol. The van der Waals surface area contributed by atoms with Crippen molar-refractivity contribution in [2.45, 2.75) is 181 Å². The van der Waals surface area contributed by atoms with Crippen LogP contribution in [0.4, 0.5) is 0 Å². The van der Waals surface area contributed by atoms with Crippen molar-refractivity contribution in [2.75, 3.05) is 13.2 Å². The molecule has 1 saturated heterocycles. The van der Waals surface area contributed by atoms with Gasteiger partial charge in [0.1, 0.15) is 30.5 Å². The van der Waals surface area contributed by atoms with Gasteiger partial charge in [0.05, 0.1) is 25.4 Å². The molecule has 290 valence electrons. The van der Waals surface area contributed by atoms with Crippen molar-refractivity contribution < 1.29 is 40.1 Å². The van der Waals surface area contributed by atoms with E-state index in [4.69, 9.17) is 15.2 Å². The first-order valence-corrected chi connectivity index (χ1v) is 20.4. The summed E-state index contributed by atoms with van der Waals surface area (Å²) in [6.07, 6.45) is 7.10. The Morgan fingerprint density at radius 3 is 2.04 bits per heavy atom. The molecule has 9 nitrogen and oxygen atoms in total. The fraction of sp³-hybridized carbons (Fsp3) is 1.00. The fourth-order valence-corrected chi connectivity index (χ4v) is 14.6. The van der Waals surface area contributed by atoms with E-state index in [2.05, 4.69) is 48.5 Å². The molecule has 6 rings (SSSR count). The highest BCUT2D eigenvalue weighted by molar-refractivity contribution is 5.19. The Labute approximate surface area is 302 Å². The largest absolute Gasteiger partial charge is 0.394 e. The molecule has 0 radical (unpaired) electrons. The third-order valence-corrected chi connectivity index (χ3v) is 17.6. The van der Waals surface area contributed by atoms with Crippen LogP contribution in [0.1, 0.15) is 132 Å². The SMILES string of the molecule is CC(CC[C@@H](O)[C@@H](O)[C@@H](O)COC1OC(CO)C(O)C(O)C1N)[C@H]1CC[C@]2(C)[C@H]3CC[C@@H]4[C@@]5(C)CCCC(C)(C)[C@@H]5CC[C@@]4(C)[C@]3(C)CC[C@@H]12. The van der Waals surface area contributed by atoms with Gasteiger partial charge in [-0.3, -0.25) is 0 Å². The summed E-state index contributed by atoms with van der Waals surface area (Å²) < 4.78 is 11.0. The van der Waals surface area contributed by atoms with Crippen molar-refractivity contribution in [3.05, 3.63) is 0 Å². The first-order valence-electron chi connectivity index (χ1n) is 20.4. The Morgan fingerprint density at radius 2 is 1.38 bits per heavy atom. The van der Waals surface area contributed by atoms with Crippen molar-refractivity contribution in [1.82, 2.24) is 0 Å². The summed E-state index contributed by atoms with van der Waals surface area (Å²) in [6, 6.07) is -1.10. The molecular weight excluding hydrogens is 634 g/mol. The highest BCUT2D eigenvalue weighted by Crippen LogP contribution is 2.78. The van der Waals surface area contributed by atoms with Crippen LogP contribution in [0.2, 0.25) is 0 Å². The highest BCUT2D eigenvalue weighted by atomic mass is 16.7. The number of ether oxygens (including phenoxy) is 2. The van der Waals surface area contributed by atoms with Crippen molar-refractivity contribution >= 4 is 0 Å². The van der Waals surface area contributed by atoms with Crippen LogP contribution in [0.25, 0.3) is 0 Å². The van der Waals surface area contributed by atoms with Crippen LogP contribution in [-0.4, -0.2) is 92.8 Å². The maximum atomic E-state index is 10.9. The van der Waals surface area contributed by atoms with Gasteiger partial charge in [-0.2, -0.15) is 0 Å². The Kier molecular flexibility index (Phi) is 11.1. The zero-order chi connectivity index (χ0) is 36.6. The molecule has 50 heavy (non-hydrogen) atoms. The topological polar surface area (TPSA) is 166 Å². The van der Waals surface area contributed by atoms with Gasteiger partial charge in [0.2, 0.25) is 0 Å². The summed E-state index contributed by atoms with van der Waals surface area (Å²) in [5, 5.41) is 62.0. The average molecular weight is 708 g/mol. The molecule has 0 aromatic rings. The smallest absolute Gasteiger partial charge is 0.175 e. The van der Waals surface area contributed by atoms with Gasteiger partial charge in [0, 0.05) is 0 Å². The van der Waals surface area contributed by atoms with E-state index < -0.39 is 55.6 Å². The second-order valence-corrected chi connectivity index (χ2v) is 20.1. The lowest BCUT2D eigenvalue weighted by molar-refractivity contribution is -0.273. The second-order valence-electron chi connectivity index (χ2n) is 20.1. The van der Waals surface area contributed by atoms with Gasteiger partial charge in [-0.25, -0.2) is 0 Å². The maximum absolute atomic E-state index is 10.9. The third kappa shape index (κ3) is 6.17. The minimum atomic E-state index is -1.42. The van der Waals surface area contributed by atoms with E-state index in [1.165, 1.54) is 70.6 Å². The second kappa shape index (κ2) is 14.1. The van der Waals surface area contributed by atoms with Crippen molar-refractivity contribution in [3.8, 4) is 0 Å². The molecular formula is C41H73NO8. The highest BCUT2D eigenvalue weighted by Gasteiger charge is 2.70. The van der Waals surface area contributed by atoms with E-state index in [9.17, 15) is 30.6 Å². The Bertz CT molecular complexity index is 1190. The number of aliphatic hydroxyl groups is 6. The molecule has 8 N–H and O–H groups in total. The van der Waals surface area contributed by atoms with Gasteiger partial charge in [-0.05, 0) is 140 Å². The molecule has 6 unspecified atom stereocenters. The lowest BCUT2D eigenvalue weighted by Gasteiger charge is -2.73. The zero-order valence-corrected chi connectivity index (χ0v) is 32.3. The summed E-state index contributed by atoms with van der Waals surface area (Å²) in [7, 11) is 0. The van der Waals surface area contributed by atoms with Crippen molar-refractivity contribution in [1.29, 1.82) is 0 Å². The van der Waals surface area contributed by atoms with Gasteiger partial charge in [-0.15, -0.1) is 0 Å². The van der Waals surface area contributed by atoms with Gasteiger partial charge in [0.25, 0.3) is 0 Å².